The second-order valence-electron chi connectivity index (χ2n) is 3.73. The van der Waals surface area contributed by atoms with E-state index in [-0.39, 0.29) is 12.5 Å². The maximum atomic E-state index is 14.3. The van der Waals surface area contributed by atoms with Gasteiger partial charge >= 0.3 is 0 Å². The molecule has 0 fully saturated rings. The van der Waals surface area contributed by atoms with Crippen LogP contribution in [0.15, 0.2) is 24.3 Å². The van der Waals surface area contributed by atoms with E-state index in [4.69, 9.17) is 5.73 Å². The predicted molar refractivity (Wildman–Crippen MR) is 53.1 cm³/mol. The summed E-state index contributed by atoms with van der Waals surface area (Å²) in [5, 5.41) is 0. The van der Waals surface area contributed by atoms with Crippen molar-refractivity contribution in [3.63, 3.8) is 0 Å². The average Bonchev–Trinajstić information content (AvgIpc) is 2.16. The highest BCUT2D eigenvalue weighted by atomic mass is 19.1. The second-order valence-corrected chi connectivity index (χ2v) is 3.73. The average molecular weight is 199 g/mol. The number of benzene rings is 1. The molecule has 1 nitrogen and oxygen atoms in total. The fourth-order valence-electron chi connectivity index (χ4n) is 1.43. The zero-order valence-electron chi connectivity index (χ0n) is 8.43. The van der Waals surface area contributed by atoms with E-state index < -0.39 is 11.5 Å². The van der Waals surface area contributed by atoms with Crippen molar-refractivity contribution >= 4 is 0 Å². The lowest BCUT2D eigenvalue weighted by atomic mass is 9.85. The van der Waals surface area contributed by atoms with E-state index in [0.717, 1.165) is 0 Å². The van der Waals surface area contributed by atoms with Crippen molar-refractivity contribution in [2.45, 2.75) is 19.5 Å². The number of rotatable bonds is 3. The Morgan fingerprint density at radius 1 is 1.43 bits per heavy atom. The molecule has 0 spiro atoms. The van der Waals surface area contributed by atoms with Gasteiger partial charge in [0, 0.05) is 6.54 Å². The van der Waals surface area contributed by atoms with Gasteiger partial charge in [-0.2, -0.15) is 0 Å². The summed E-state index contributed by atoms with van der Waals surface area (Å²) in [6.45, 7) is 3.34. The van der Waals surface area contributed by atoms with E-state index in [1.807, 2.05) is 0 Å². The number of alkyl halides is 1. The standard InChI is InChI=1S/C11H15F2N/c1-8(2)11(13,7-14)9-4-3-5-10(12)6-9/h3-6,8H,7,14H2,1-2H3. The minimum absolute atomic E-state index is 0.131. The number of halogens is 2. The topological polar surface area (TPSA) is 26.0 Å². The fraction of sp³-hybridized carbons (Fsp3) is 0.455. The molecule has 1 aromatic rings. The number of hydrogen-bond donors (Lipinski definition) is 1. The summed E-state index contributed by atoms with van der Waals surface area (Å²) >= 11 is 0. The Labute approximate surface area is 82.9 Å². The van der Waals surface area contributed by atoms with Gasteiger partial charge < -0.3 is 5.73 Å². The van der Waals surface area contributed by atoms with Gasteiger partial charge in [-0.05, 0) is 23.6 Å². The highest BCUT2D eigenvalue weighted by Gasteiger charge is 2.34. The maximum Gasteiger partial charge on any atom is 0.150 e. The molecule has 78 valence electrons. The largest absolute Gasteiger partial charge is 0.327 e. The molecule has 0 bridgehead atoms. The number of nitrogens with two attached hydrogens (primary N) is 1. The maximum absolute atomic E-state index is 14.3. The Bertz CT molecular complexity index is 312. The summed E-state index contributed by atoms with van der Waals surface area (Å²) in [6.07, 6.45) is 0. The minimum atomic E-state index is -1.64. The van der Waals surface area contributed by atoms with Crippen LogP contribution in [0.4, 0.5) is 8.78 Å². The van der Waals surface area contributed by atoms with E-state index in [2.05, 4.69) is 0 Å². The molecule has 0 saturated heterocycles. The van der Waals surface area contributed by atoms with Crippen molar-refractivity contribution in [3.05, 3.63) is 35.6 Å². The lowest BCUT2D eigenvalue weighted by molar-refractivity contribution is 0.109. The molecule has 2 N–H and O–H groups in total. The Balaban J connectivity index is 3.12. The molecular formula is C11H15F2N. The fourth-order valence-corrected chi connectivity index (χ4v) is 1.43. The van der Waals surface area contributed by atoms with Gasteiger partial charge in [0.15, 0.2) is 5.67 Å². The predicted octanol–water partition coefficient (Wildman–Crippen LogP) is 2.61. The van der Waals surface area contributed by atoms with Gasteiger partial charge in [0.2, 0.25) is 0 Å². The zero-order chi connectivity index (χ0) is 10.8. The molecule has 0 aliphatic heterocycles. The van der Waals surface area contributed by atoms with Crippen molar-refractivity contribution in [1.82, 2.24) is 0 Å². The Hall–Kier alpha value is -0.960. The van der Waals surface area contributed by atoms with Crippen molar-refractivity contribution < 1.29 is 8.78 Å². The molecule has 0 heterocycles. The van der Waals surface area contributed by atoms with E-state index >= 15 is 0 Å². The van der Waals surface area contributed by atoms with Crippen molar-refractivity contribution in [2.75, 3.05) is 6.54 Å². The van der Waals surface area contributed by atoms with Crippen LogP contribution in [-0.2, 0) is 5.67 Å². The lowest BCUT2D eigenvalue weighted by Gasteiger charge is -2.28. The lowest BCUT2D eigenvalue weighted by Crippen LogP contribution is -2.35. The summed E-state index contributed by atoms with van der Waals surface area (Å²) in [6, 6.07) is 5.56. The Morgan fingerprint density at radius 3 is 2.50 bits per heavy atom. The van der Waals surface area contributed by atoms with Crippen LogP contribution in [0.25, 0.3) is 0 Å². The van der Waals surface area contributed by atoms with E-state index in [1.165, 1.54) is 18.2 Å². The summed E-state index contributed by atoms with van der Waals surface area (Å²) in [4.78, 5) is 0. The first-order chi connectivity index (χ1) is 6.50. The van der Waals surface area contributed by atoms with Gasteiger partial charge in [-0.25, -0.2) is 8.78 Å². The SMILES string of the molecule is CC(C)C(F)(CN)c1cccc(F)c1. The molecule has 3 heteroatoms. The van der Waals surface area contributed by atoms with E-state index in [0.29, 0.717) is 5.56 Å². The zero-order valence-corrected chi connectivity index (χ0v) is 8.43. The molecule has 0 aliphatic carbocycles. The van der Waals surface area contributed by atoms with Gasteiger partial charge in [-0.3, -0.25) is 0 Å². The molecule has 0 radical (unpaired) electrons. The van der Waals surface area contributed by atoms with Crippen LogP contribution in [0, 0.1) is 11.7 Å². The first-order valence-corrected chi connectivity index (χ1v) is 4.65. The molecule has 0 aliphatic rings. The molecule has 1 rings (SSSR count). The summed E-state index contributed by atoms with van der Waals surface area (Å²) in [5.41, 5.74) is 4.07. The van der Waals surface area contributed by atoms with Gasteiger partial charge in [0.25, 0.3) is 0 Å². The van der Waals surface area contributed by atoms with E-state index in [9.17, 15) is 8.78 Å². The van der Waals surface area contributed by atoms with Crippen molar-refractivity contribution in [3.8, 4) is 0 Å². The molecule has 1 unspecified atom stereocenters. The highest BCUT2D eigenvalue weighted by Crippen LogP contribution is 2.33. The highest BCUT2D eigenvalue weighted by molar-refractivity contribution is 5.24. The first-order valence-electron chi connectivity index (χ1n) is 4.65. The molecular weight excluding hydrogens is 184 g/mol. The Kier molecular flexibility index (Phi) is 3.21. The number of hydrogen-bond acceptors (Lipinski definition) is 1. The van der Waals surface area contributed by atoms with Crippen LogP contribution in [0.2, 0.25) is 0 Å². The Morgan fingerprint density at radius 2 is 2.07 bits per heavy atom. The quantitative estimate of drug-likeness (QED) is 0.795. The minimum Gasteiger partial charge on any atom is -0.327 e. The summed E-state index contributed by atoms with van der Waals surface area (Å²) in [7, 11) is 0. The third-order valence-corrected chi connectivity index (χ3v) is 2.52. The monoisotopic (exact) mass is 199 g/mol. The van der Waals surface area contributed by atoms with Gasteiger partial charge in [-0.1, -0.05) is 26.0 Å². The van der Waals surface area contributed by atoms with Gasteiger partial charge in [-0.15, -0.1) is 0 Å². The van der Waals surface area contributed by atoms with Crippen LogP contribution in [0.1, 0.15) is 19.4 Å². The molecule has 1 aromatic carbocycles. The van der Waals surface area contributed by atoms with Gasteiger partial charge in [0.05, 0.1) is 0 Å². The van der Waals surface area contributed by atoms with Gasteiger partial charge in [0.1, 0.15) is 5.82 Å². The molecule has 0 amide bonds. The van der Waals surface area contributed by atoms with E-state index in [1.54, 1.807) is 19.9 Å². The van der Waals surface area contributed by atoms with Crippen LogP contribution in [0.5, 0.6) is 0 Å². The molecule has 1 atom stereocenters. The normalized spacial score (nSPS) is 15.6. The molecule has 0 saturated carbocycles. The van der Waals surface area contributed by atoms with Crippen molar-refractivity contribution in [1.29, 1.82) is 0 Å². The first kappa shape index (κ1) is 11.1. The summed E-state index contributed by atoms with van der Waals surface area (Å²) < 4.78 is 27.2. The molecule has 14 heavy (non-hydrogen) atoms. The van der Waals surface area contributed by atoms with Crippen LogP contribution in [0.3, 0.4) is 0 Å². The smallest absolute Gasteiger partial charge is 0.150 e. The van der Waals surface area contributed by atoms with Crippen molar-refractivity contribution in [2.24, 2.45) is 11.7 Å². The third-order valence-electron chi connectivity index (χ3n) is 2.52. The molecule has 0 aromatic heterocycles. The van der Waals surface area contributed by atoms with Crippen LogP contribution < -0.4 is 5.73 Å². The summed E-state index contributed by atoms with van der Waals surface area (Å²) in [5.74, 6) is -0.701. The van der Waals surface area contributed by atoms with Crippen LogP contribution in [-0.4, -0.2) is 6.54 Å². The second kappa shape index (κ2) is 4.05. The third kappa shape index (κ3) is 1.93. The van der Waals surface area contributed by atoms with Crippen LogP contribution >= 0.6 is 0 Å².